The second kappa shape index (κ2) is 8.19. The number of hydrogen-bond donors (Lipinski definition) is 1. The van der Waals surface area contributed by atoms with E-state index >= 15 is 0 Å². The Kier molecular flexibility index (Phi) is 5.59. The van der Waals surface area contributed by atoms with Crippen LogP contribution in [0.4, 0.5) is 5.69 Å². The molecule has 33 heavy (non-hydrogen) atoms. The minimum atomic E-state index is -0.405. The van der Waals surface area contributed by atoms with Crippen LogP contribution in [0.2, 0.25) is 0 Å². The molecule has 4 aliphatic rings. The number of non-ortho nitro benzene ring substituents is 1. The van der Waals surface area contributed by atoms with E-state index in [2.05, 4.69) is 19.9 Å². The minimum Gasteiger partial charge on any atom is -0.393 e. The van der Waals surface area contributed by atoms with E-state index in [0.29, 0.717) is 23.3 Å². The van der Waals surface area contributed by atoms with Crippen molar-refractivity contribution in [3.05, 3.63) is 57.7 Å². The normalized spacial score (nSPS) is 40.0. The summed E-state index contributed by atoms with van der Waals surface area (Å²) in [6.45, 7) is 4.78. The first kappa shape index (κ1) is 22.5. The molecular weight excluding hydrogens is 414 g/mol. The molecule has 5 nitrogen and oxygen atoms in total. The SMILES string of the molecule is C[C@]12CC[C@H]3[C@@H](CC=C4C[C@@H](O)CC[C@@]43C)[C@@H]1CC[C@@H]2C(=O)/C=C/c1cccc([N+](=O)[O-])c1. The van der Waals surface area contributed by atoms with Gasteiger partial charge in [0, 0.05) is 18.1 Å². The number of carbonyl (C=O) groups excluding carboxylic acids is 1. The first-order valence-corrected chi connectivity index (χ1v) is 12.6. The van der Waals surface area contributed by atoms with Crippen molar-refractivity contribution in [1.82, 2.24) is 0 Å². The zero-order valence-corrected chi connectivity index (χ0v) is 19.7. The molecule has 1 N–H and O–H groups in total. The van der Waals surface area contributed by atoms with Gasteiger partial charge in [-0.2, -0.15) is 0 Å². The largest absolute Gasteiger partial charge is 0.393 e. The number of aliphatic hydroxyl groups excluding tert-OH is 1. The molecule has 7 atom stereocenters. The van der Waals surface area contributed by atoms with Gasteiger partial charge in [0.05, 0.1) is 11.0 Å². The standard InChI is InChI=1S/C28H35NO4/c1-27-14-12-21(30)17-19(27)7-8-22-23-9-10-25(28(23,2)15-13-24(22)27)26(31)11-6-18-4-3-5-20(16-18)29(32)33/h3-7,11,16,21-25,30H,8-10,12-15,17H2,1-2H3/b11-6+/t21-,22-,23-,24-,25+,27-,28-/m0/s1. The number of benzene rings is 1. The van der Waals surface area contributed by atoms with E-state index in [1.165, 1.54) is 24.1 Å². The fourth-order valence-corrected chi connectivity index (χ4v) is 8.15. The molecule has 5 rings (SSSR count). The molecule has 0 unspecified atom stereocenters. The zero-order chi connectivity index (χ0) is 23.4. The van der Waals surface area contributed by atoms with Gasteiger partial charge in [-0.3, -0.25) is 14.9 Å². The Morgan fingerprint density at radius 2 is 1.97 bits per heavy atom. The lowest BCUT2D eigenvalue weighted by Crippen LogP contribution is -2.50. The third-order valence-electron chi connectivity index (χ3n) is 9.94. The van der Waals surface area contributed by atoms with Gasteiger partial charge in [0.2, 0.25) is 0 Å². The number of nitrogens with zero attached hydrogens (tertiary/aromatic N) is 1. The molecule has 1 aromatic carbocycles. The van der Waals surface area contributed by atoms with E-state index < -0.39 is 4.92 Å². The minimum absolute atomic E-state index is 0.0289. The van der Waals surface area contributed by atoms with Gasteiger partial charge < -0.3 is 5.11 Å². The smallest absolute Gasteiger partial charge is 0.270 e. The Hall–Kier alpha value is -2.27. The number of hydrogen-bond acceptors (Lipinski definition) is 4. The van der Waals surface area contributed by atoms with Crippen molar-refractivity contribution in [3.8, 4) is 0 Å². The van der Waals surface area contributed by atoms with E-state index in [4.69, 9.17) is 0 Å². The van der Waals surface area contributed by atoms with E-state index in [0.717, 1.165) is 44.9 Å². The van der Waals surface area contributed by atoms with Crippen molar-refractivity contribution in [2.75, 3.05) is 0 Å². The van der Waals surface area contributed by atoms with Gasteiger partial charge in [-0.15, -0.1) is 0 Å². The number of nitro benzene ring substituents is 1. The van der Waals surface area contributed by atoms with Gasteiger partial charge in [0.1, 0.15) is 0 Å². The number of nitro groups is 1. The van der Waals surface area contributed by atoms with Crippen LogP contribution in [0.1, 0.15) is 70.8 Å². The maximum atomic E-state index is 13.3. The van der Waals surface area contributed by atoms with Crippen LogP contribution in [0.5, 0.6) is 0 Å². The van der Waals surface area contributed by atoms with Crippen LogP contribution < -0.4 is 0 Å². The van der Waals surface area contributed by atoms with Crippen LogP contribution in [-0.4, -0.2) is 21.9 Å². The highest BCUT2D eigenvalue weighted by Crippen LogP contribution is 2.66. The molecule has 4 aliphatic carbocycles. The summed E-state index contributed by atoms with van der Waals surface area (Å²) in [6.07, 6.45) is 13.9. The van der Waals surface area contributed by atoms with Gasteiger partial charge in [-0.25, -0.2) is 0 Å². The summed E-state index contributed by atoms with van der Waals surface area (Å²) < 4.78 is 0. The first-order chi connectivity index (χ1) is 15.7. The van der Waals surface area contributed by atoms with Crippen LogP contribution >= 0.6 is 0 Å². The van der Waals surface area contributed by atoms with E-state index in [9.17, 15) is 20.0 Å². The molecule has 3 saturated carbocycles. The van der Waals surface area contributed by atoms with Crippen molar-refractivity contribution in [3.63, 3.8) is 0 Å². The molecule has 0 aliphatic heterocycles. The second-order valence-corrected chi connectivity index (χ2v) is 11.4. The number of rotatable bonds is 4. The van der Waals surface area contributed by atoms with Crippen LogP contribution in [-0.2, 0) is 4.79 Å². The van der Waals surface area contributed by atoms with Gasteiger partial charge >= 0.3 is 0 Å². The molecule has 0 radical (unpaired) electrons. The van der Waals surface area contributed by atoms with Crippen molar-refractivity contribution in [2.24, 2.45) is 34.5 Å². The van der Waals surface area contributed by atoms with Crippen LogP contribution in [0.25, 0.3) is 6.08 Å². The molecule has 0 spiro atoms. The van der Waals surface area contributed by atoms with Crippen LogP contribution in [0.15, 0.2) is 42.0 Å². The molecule has 0 bridgehead atoms. The van der Waals surface area contributed by atoms with Gasteiger partial charge in [0.25, 0.3) is 5.69 Å². The predicted molar refractivity (Wildman–Crippen MR) is 128 cm³/mol. The Balaban J connectivity index is 1.34. The van der Waals surface area contributed by atoms with Crippen molar-refractivity contribution >= 4 is 17.5 Å². The third-order valence-corrected chi connectivity index (χ3v) is 9.94. The van der Waals surface area contributed by atoms with E-state index in [1.807, 2.05) is 0 Å². The molecule has 0 aromatic heterocycles. The zero-order valence-electron chi connectivity index (χ0n) is 19.7. The van der Waals surface area contributed by atoms with E-state index in [1.54, 1.807) is 24.3 Å². The second-order valence-electron chi connectivity index (χ2n) is 11.4. The molecule has 3 fully saturated rings. The topological polar surface area (TPSA) is 80.4 Å². The van der Waals surface area contributed by atoms with Gasteiger partial charge in [-0.05, 0) is 91.6 Å². The van der Waals surface area contributed by atoms with Crippen LogP contribution in [0.3, 0.4) is 0 Å². The highest BCUT2D eigenvalue weighted by Gasteiger charge is 2.59. The third kappa shape index (κ3) is 3.69. The summed E-state index contributed by atoms with van der Waals surface area (Å²) in [5.74, 6) is 2.07. The van der Waals surface area contributed by atoms with Gasteiger partial charge in [-0.1, -0.05) is 43.7 Å². The molecule has 0 amide bonds. The lowest BCUT2D eigenvalue weighted by atomic mass is 9.47. The monoisotopic (exact) mass is 449 g/mol. The number of fused-ring (bicyclic) bond motifs is 5. The molecule has 0 heterocycles. The molecule has 176 valence electrons. The van der Waals surface area contributed by atoms with Crippen LogP contribution in [0, 0.1) is 44.6 Å². The Bertz CT molecular complexity index is 1030. The van der Waals surface area contributed by atoms with Gasteiger partial charge in [0.15, 0.2) is 5.78 Å². The molecule has 5 heteroatoms. The lowest BCUT2D eigenvalue weighted by molar-refractivity contribution is -0.384. The number of allylic oxidation sites excluding steroid dienone is 2. The highest BCUT2D eigenvalue weighted by atomic mass is 16.6. The fraction of sp³-hybridized carbons (Fsp3) is 0.607. The average Bonchev–Trinajstić information content (AvgIpc) is 3.15. The summed E-state index contributed by atoms with van der Waals surface area (Å²) in [4.78, 5) is 24.0. The fourth-order valence-electron chi connectivity index (χ4n) is 8.15. The van der Waals surface area contributed by atoms with Crippen molar-refractivity contribution in [1.29, 1.82) is 0 Å². The number of aliphatic hydroxyl groups is 1. The molecule has 1 aromatic rings. The average molecular weight is 450 g/mol. The summed E-state index contributed by atoms with van der Waals surface area (Å²) in [5, 5.41) is 21.2. The summed E-state index contributed by atoms with van der Waals surface area (Å²) in [5.41, 5.74) is 2.47. The molecule has 0 saturated heterocycles. The predicted octanol–water partition coefficient (Wildman–Crippen LogP) is 6.12. The summed E-state index contributed by atoms with van der Waals surface area (Å²) in [7, 11) is 0. The lowest BCUT2D eigenvalue weighted by Gasteiger charge is -2.57. The quantitative estimate of drug-likeness (QED) is 0.260. The summed E-state index contributed by atoms with van der Waals surface area (Å²) >= 11 is 0. The maximum Gasteiger partial charge on any atom is 0.270 e. The number of ketones is 1. The Morgan fingerprint density at radius 3 is 2.76 bits per heavy atom. The Labute approximate surface area is 196 Å². The van der Waals surface area contributed by atoms with Crippen molar-refractivity contribution in [2.45, 2.75) is 71.3 Å². The van der Waals surface area contributed by atoms with E-state index in [-0.39, 0.29) is 34.3 Å². The highest BCUT2D eigenvalue weighted by molar-refractivity contribution is 5.96. The first-order valence-electron chi connectivity index (χ1n) is 12.6. The summed E-state index contributed by atoms with van der Waals surface area (Å²) in [6, 6.07) is 6.45. The Morgan fingerprint density at radius 1 is 1.15 bits per heavy atom. The van der Waals surface area contributed by atoms with Crippen molar-refractivity contribution < 1.29 is 14.8 Å². The maximum absolute atomic E-state index is 13.3. The molecular formula is C28H35NO4. The number of carbonyl (C=O) groups is 1.